The van der Waals surface area contributed by atoms with Gasteiger partial charge < -0.3 is 10.1 Å². The zero-order valence-electron chi connectivity index (χ0n) is 12.2. The molecule has 0 saturated carbocycles. The molecule has 0 saturated heterocycles. The van der Waals surface area contributed by atoms with Gasteiger partial charge in [-0.25, -0.2) is 0 Å². The molecule has 0 spiro atoms. The van der Waals surface area contributed by atoms with Crippen LogP contribution in [-0.2, 0) is 4.79 Å². The second-order valence-electron chi connectivity index (χ2n) is 5.21. The first-order valence-corrected chi connectivity index (χ1v) is 6.92. The van der Waals surface area contributed by atoms with Crippen LogP contribution in [0.25, 0.3) is 0 Å². The fraction of sp³-hybridized carbons (Fsp3) is 0.533. The Morgan fingerprint density at radius 2 is 1.89 bits per heavy atom. The molecule has 106 valence electrons. The molecule has 0 aromatic heterocycles. The van der Waals surface area contributed by atoms with E-state index in [-0.39, 0.29) is 11.9 Å². The molecule has 0 heterocycles. The Kier molecular flexibility index (Phi) is 5.67. The van der Waals surface area contributed by atoms with Crippen LogP contribution in [0, 0.1) is 12.8 Å². The number of ether oxygens (including phenoxy) is 1. The minimum absolute atomic E-state index is 0.103. The largest absolute Gasteiger partial charge is 0.481 e. The quantitative estimate of drug-likeness (QED) is 0.897. The fourth-order valence-corrected chi connectivity index (χ4v) is 1.57. The molecule has 2 atom stereocenters. The maximum atomic E-state index is 12.0. The normalized spacial score (nSPS) is 14.1. The number of nitrogens with one attached hydrogen (secondary N) is 1. The van der Waals surface area contributed by atoms with Gasteiger partial charge in [0.2, 0.25) is 0 Å². The van der Waals surface area contributed by atoms with Crippen LogP contribution in [0.3, 0.4) is 0 Å². The number of amides is 1. The summed E-state index contributed by atoms with van der Waals surface area (Å²) in [4.78, 5) is 12.0. The van der Waals surface area contributed by atoms with Gasteiger partial charge in [-0.2, -0.15) is 0 Å². The Morgan fingerprint density at radius 3 is 2.42 bits per heavy atom. The van der Waals surface area contributed by atoms with Gasteiger partial charge in [0.1, 0.15) is 5.75 Å². The number of rotatable bonds is 5. The van der Waals surface area contributed by atoms with E-state index in [0.29, 0.717) is 16.7 Å². The first-order chi connectivity index (χ1) is 8.81. The van der Waals surface area contributed by atoms with Crippen LogP contribution in [0.15, 0.2) is 18.2 Å². The van der Waals surface area contributed by atoms with Gasteiger partial charge in [0, 0.05) is 11.1 Å². The molecule has 0 radical (unpaired) electrons. The standard InChI is InChI=1S/C15H22ClNO2/c1-9(2)11(4)17-15(18)12(5)19-13-6-7-14(16)10(3)8-13/h6-9,11-12H,1-5H3,(H,17,18)/t11-,12-/m1/s1. The molecule has 1 amide bonds. The number of halogens is 1. The predicted octanol–water partition coefficient (Wildman–Crippen LogP) is 3.58. The van der Waals surface area contributed by atoms with Crippen molar-refractivity contribution in [3.8, 4) is 5.75 Å². The van der Waals surface area contributed by atoms with Crippen molar-refractivity contribution >= 4 is 17.5 Å². The van der Waals surface area contributed by atoms with Crippen molar-refractivity contribution in [3.05, 3.63) is 28.8 Å². The third-order valence-corrected chi connectivity index (χ3v) is 3.61. The number of carbonyl (C=O) groups is 1. The van der Waals surface area contributed by atoms with Gasteiger partial charge in [-0.05, 0) is 50.5 Å². The average Bonchev–Trinajstić information content (AvgIpc) is 2.33. The maximum absolute atomic E-state index is 12.0. The first-order valence-electron chi connectivity index (χ1n) is 6.54. The maximum Gasteiger partial charge on any atom is 0.260 e. The van der Waals surface area contributed by atoms with Crippen LogP contribution in [0.2, 0.25) is 5.02 Å². The summed E-state index contributed by atoms with van der Waals surface area (Å²) in [5.41, 5.74) is 0.933. The molecule has 1 N–H and O–H groups in total. The van der Waals surface area contributed by atoms with Crippen LogP contribution < -0.4 is 10.1 Å². The number of aryl methyl sites for hydroxylation is 1. The molecular weight excluding hydrogens is 262 g/mol. The van der Waals surface area contributed by atoms with Crippen LogP contribution in [0.5, 0.6) is 5.75 Å². The lowest BCUT2D eigenvalue weighted by atomic mass is 10.1. The minimum Gasteiger partial charge on any atom is -0.481 e. The van der Waals surface area contributed by atoms with Crippen LogP contribution >= 0.6 is 11.6 Å². The van der Waals surface area contributed by atoms with E-state index in [0.717, 1.165) is 5.56 Å². The second kappa shape index (κ2) is 6.80. The highest BCUT2D eigenvalue weighted by Crippen LogP contribution is 2.21. The van der Waals surface area contributed by atoms with E-state index in [1.165, 1.54) is 0 Å². The van der Waals surface area contributed by atoms with E-state index in [1.54, 1.807) is 19.1 Å². The van der Waals surface area contributed by atoms with E-state index in [9.17, 15) is 4.79 Å². The van der Waals surface area contributed by atoms with Crippen LogP contribution in [0.1, 0.15) is 33.3 Å². The van der Waals surface area contributed by atoms with Crippen LogP contribution in [0.4, 0.5) is 0 Å². The smallest absolute Gasteiger partial charge is 0.260 e. The summed E-state index contributed by atoms with van der Waals surface area (Å²) >= 11 is 5.95. The number of carbonyl (C=O) groups excluding carboxylic acids is 1. The Balaban J connectivity index is 2.61. The van der Waals surface area contributed by atoms with Gasteiger partial charge in [0.25, 0.3) is 5.91 Å². The molecule has 0 aliphatic carbocycles. The van der Waals surface area contributed by atoms with E-state index in [2.05, 4.69) is 19.2 Å². The SMILES string of the molecule is Cc1cc(O[C@H](C)C(=O)N[C@H](C)C(C)C)ccc1Cl. The Bertz CT molecular complexity index is 446. The van der Waals surface area contributed by atoms with Crippen molar-refractivity contribution in [1.82, 2.24) is 5.32 Å². The average molecular weight is 284 g/mol. The summed E-state index contributed by atoms with van der Waals surface area (Å²) in [6.07, 6.45) is -0.526. The Hall–Kier alpha value is -1.22. The van der Waals surface area contributed by atoms with E-state index in [4.69, 9.17) is 16.3 Å². The predicted molar refractivity (Wildman–Crippen MR) is 78.7 cm³/mol. The molecule has 0 bridgehead atoms. The number of benzene rings is 1. The summed E-state index contributed by atoms with van der Waals surface area (Å²) in [7, 11) is 0. The second-order valence-corrected chi connectivity index (χ2v) is 5.62. The first kappa shape index (κ1) is 15.8. The Labute approximate surface area is 120 Å². The molecule has 0 unspecified atom stereocenters. The molecule has 0 fully saturated rings. The van der Waals surface area contributed by atoms with Gasteiger partial charge in [0.15, 0.2) is 6.10 Å². The molecule has 0 aliphatic rings. The summed E-state index contributed by atoms with van der Waals surface area (Å²) < 4.78 is 5.62. The fourth-order valence-electron chi connectivity index (χ4n) is 1.46. The van der Waals surface area contributed by atoms with E-state index in [1.807, 2.05) is 19.9 Å². The lowest BCUT2D eigenvalue weighted by molar-refractivity contribution is -0.128. The van der Waals surface area contributed by atoms with Gasteiger partial charge >= 0.3 is 0 Å². The van der Waals surface area contributed by atoms with Crippen LogP contribution in [-0.4, -0.2) is 18.1 Å². The van der Waals surface area contributed by atoms with Crippen molar-refractivity contribution in [1.29, 1.82) is 0 Å². The van der Waals surface area contributed by atoms with Gasteiger partial charge in [-0.1, -0.05) is 25.4 Å². The van der Waals surface area contributed by atoms with Crippen molar-refractivity contribution in [2.45, 2.75) is 46.8 Å². The highest BCUT2D eigenvalue weighted by atomic mass is 35.5. The summed E-state index contributed by atoms with van der Waals surface area (Å²) in [6, 6.07) is 5.50. The molecule has 1 aromatic rings. The summed E-state index contributed by atoms with van der Waals surface area (Å²) in [5, 5.41) is 3.63. The van der Waals surface area contributed by atoms with Gasteiger partial charge in [-0.15, -0.1) is 0 Å². The monoisotopic (exact) mass is 283 g/mol. The zero-order valence-corrected chi connectivity index (χ0v) is 12.9. The molecule has 1 aromatic carbocycles. The summed E-state index contributed by atoms with van der Waals surface area (Å²) in [5.74, 6) is 0.949. The van der Waals surface area contributed by atoms with Crippen molar-refractivity contribution < 1.29 is 9.53 Å². The molecule has 0 aliphatic heterocycles. The lowest BCUT2D eigenvalue weighted by Gasteiger charge is -2.21. The van der Waals surface area contributed by atoms with Gasteiger partial charge in [0.05, 0.1) is 0 Å². The number of hydrogen-bond donors (Lipinski definition) is 1. The van der Waals surface area contributed by atoms with Crippen molar-refractivity contribution in [2.75, 3.05) is 0 Å². The van der Waals surface area contributed by atoms with Crippen molar-refractivity contribution in [3.63, 3.8) is 0 Å². The molecule has 1 rings (SSSR count). The van der Waals surface area contributed by atoms with E-state index < -0.39 is 6.10 Å². The topological polar surface area (TPSA) is 38.3 Å². The summed E-state index contributed by atoms with van der Waals surface area (Å²) in [6.45, 7) is 9.77. The number of hydrogen-bond acceptors (Lipinski definition) is 2. The van der Waals surface area contributed by atoms with Crippen molar-refractivity contribution in [2.24, 2.45) is 5.92 Å². The van der Waals surface area contributed by atoms with E-state index >= 15 is 0 Å². The molecule has 4 heteroatoms. The van der Waals surface area contributed by atoms with Gasteiger partial charge in [-0.3, -0.25) is 4.79 Å². The highest BCUT2D eigenvalue weighted by Gasteiger charge is 2.18. The molecule has 3 nitrogen and oxygen atoms in total. The molecular formula is C15H22ClNO2. The highest BCUT2D eigenvalue weighted by molar-refractivity contribution is 6.31. The molecule has 19 heavy (non-hydrogen) atoms. The third-order valence-electron chi connectivity index (χ3n) is 3.18. The lowest BCUT2D eigenvalue weighted by Crippen LogP contribution is -2.43. The third kappa shape index (κ3) is 4.75. The minimum atomic E-state index is -0.526. The zero-order chi connectivity index (χ0) is 14.6. The Morgan fingerprint density at radius 1 is 1.26 bits per heavy atom.